The number of rotatable bonds is 6. The Kier molecular flexibility index (Phi) is 4.72. The van der Waals surface area contributed by atoms with E-state index in [1.54, 1.807) is 6.07 Å². The molecular weight excluding hydrogens is 208 g/mol. The maximum absolute atomic E-state index is 10.7. The molecule has 0 aromatic carbocycles. The molecule has 88 valence electrons. The van der Waals surface area contributed by atoms with Crippen molar-refractivity contribution in [3.63, 3.8) is 0 Å². The molecule has 0 aliphatic rings. The van der Waals surface area contributed by atoms with E-state index in [-0.39, 0.29) is 18.3 Å². The summed E-state index contributed by atoms with van der Waals surface area (Å²) in [7, 11) is 0. The van der Waals surface area contributed by atoms with Gasteiger partial charge >= 0.3 is 5.97 Å². The number of aromatic carboxylic acids is 1. The van der Waals surface area contributed by atoms with Crippen molar-refractivity contribution < 1.29 is 15.0 Å². The molecule has 0 bridgehead atoms. The fourth-order valence-electron chi connectivity index (χ4n) is 1.41. The zero-order valence-electron chi connectivity index (χ0n) is 9.18. The Balaban J connectivity index is 2.72. The molecule has 1 unspecified atom stereocenters. The first-order valence-corrected chi connectivity index (χ1v) is 5.24. The minimum absolute atomic E-state index is 0.0175. The fraction of sp³-hybridized carbons (Fsp3) is 0.455. The van der Waals surface area contributed by atoms with Crippen molar-refractivity contribution >= 4 is 11.7 Å². The average molecular weight is 224 g/mol. The number of carbonyl (C=O) groups is 1. The Hall–Kier alpha value is -1.62. The lowest BCUT2D eigenvalue weighted by Gasteiger charge is -2.17. The van der Waals surface area contributed by atoms with E-state index in [1.807, 2.05) is 6.92 Å². The van der Waals surface area contributed by atoms with E-state index < -0.39 is 5.97 Å². The zero-order chi connectivity index (χ0) is 12.0. The van der Waals surface area contributed by atoms with E-state index in [4.69, 9.17) is 10.2 Å². The van der Waals surface area contributed by atoms with Gasteiger partial charge in [0.2, 0.25) is 0 Å². The van der Waals surface area contributed by atoms with Gasteiger partial charge in [-0.15, -0.1) is 0 Å². The Labute approximate surface area is 94.1 Å². The molecule has 0 saturated heterocycles. The van der Waals surface area contributed by atoms with Gasteiger partial charge in [0, 0.05) is 24.5 Å². The number of nitrogens with zero attached hydrogens (tertiary/aromatic N) is 1. The summed E-state index contributed by atoms with van der Waals surface area (Å²) >= 11 is 0. The molecule has 1 heterocycles. The van der Waals surface area contributed by atoms with Crippen LogP contribution in [0.2, 0.25) is 0 Å². The van der Waals surface area contributed by atoms with Gasteiger partial charge < -0.3 is 15.5 Å². The molecule has 1 aromatic heterocycles. The van der Waals surface area contributed by atoms with Crippen molar-refractivity contribution in [3.8, 4) is 0 Å². The number of carboxylic acid groups (broad SMARTS) is 1. The van der Waals surface area contributed by atoms with Crippen LogP contribution in [-0.2, 0) is 0 Å². The topological polar surface area (TPSA) is 82.5 Å². The van der Waals surface area contributed by atoms with E-state index in [0.29, 0.717) is 12.1 Å². The maximum Gasteiger partial charge on any atom is 0.354 e. The summed E-state index contributed by atoms with van der Waals surface area (Å²) in [5.74, 6) is -1.04. The molecule has 0 saturated carbocycles. The lowest BCUT2D eigenvalue weighted by Crippen LogP contribution is -2.20. The molecule has 5 nitrogen and oxygen atoms in total. The molecule has 16 heavy (non-hydrogen) atoms. The van der Waals surface area contributed by atoms with Crippen molar-refractivity contribution in [2.24, 2.45) is 0 Å². The van der Waals surface area contributed by atoms with Gasteiger partial charge in [0.25, 0.3) is 0 Å². The van der Waals surface area contributed by atoms with Crippen LogP contribution in [0.5, 0.6) is 0 Å². The van der Waals surface area contributed by atoms with E-state index >= 15 is 0 Å². The Morgan fingerprint density at radius 3 is 2.94 bits per heavy atom. The number of hydrogen-bond donors (Lipinski definition) is 3. The number of pyridine rings is 1. The molecule has 0 amide bonds. The van der Waals surface area contributed by atoms with Gasteiger partial charge in [-0.25, -0.2) is 9.78 Å². The van der Waals surface area contributed by atoms with Crippen LogP contribution in [0.1, 0.15) is 30.3 Å². The van der Waals surface area contributed by atoms with Crippen molar-refractivity contribution in [1.82, 2.24) is 4.98 Å². The third-order valence-electron chi connectivity index (χ3n) is 2.32. The number of carboxylic acids is 1. The SMILES string of the molecule is CCC(CCO)Nc1ccnc(C(=O)O)c1. The summed E-state index contributed by atoms with van der Waals surface area (Å²) in [6.45, 7) is 2.12. The van der Waals surface area contributed by atoms with Crippen LogP contribution in [0, 0.1) is 0 Å². The maximum atomic E-state index is 10.7. The smallest absolute Gasteiger partial charge is 0.354 e. The standard InChI is InChI=1S/C11H16N2O3/c1-2-8(4-6-14)13-9-3-5-12-10(7-9)11(15)16/h3,5,7-8,14H,2,4,6H2,1H3,(H,12,13)(H,15,16). The van der Waals surface area contributed by atoms with Gasteiger partial charge in [0.1, 0.15) is 5.69 Å². The molecule has 0 radical (unpaired) electrons. The highest BCUT2D eigenvalue weighted by molar-refractivity contribution is 5.86. The van der Waals surface area contributed by atoms with E-state index in [0.717, 1.165) is 6.42 Å². The minimum Gasteiger partial charge on any atom is -0.477 e. The molecule has 0 spiro atoms. The van der Waals surface area contributed by atoms with Crippen LogP contribution in [0.4, 0.5) is 5.69 Å². The lowest BCUT2D eigenvalue weighted by atomic mass is 10.1. The minimum atomic E-state index is -1.04. The number of anilines is 1. The summed E-state index contributed by atoms with van der Waals surface area (Å²) < 4.78 is 0. The molecule has 0 fully saturated rings. The quantitative estimate of drug-likeness (QED) is 0.679. The molecule has 0 aliphatic carbocycles. The van der Waals surface area contributed by atoms with Gasteiger partial charge in [-0.1, -0.05) is 6.92 Å². The molecule has 1 atom stereocenters. The molecule has 3 N–H and O–H groups in total. The molecular formula is C11H16N2O3. The first-order chi connectivity index (χ1) is 7.67. The molecule has 5 heteroatoms. The average Bonchev–Trinajstić information content (AvgIpc) is 2.29. The first kappa shape index (κ1) is 12.4. The molecule has 1 aromatic rings. The van der Waals surface area contributed by atoms with E-state index in [9.17, 15) is 4.79 Å². The fourth-order valence-corrected chi connectivity index (χ4v) is 1.41. The number of aromatic nitrogens is 1. The number of aliphatic hydroxyl groups is 1. The van der Waals surface area contributed by atoms with Crippen molar-refractivity contribution in [2.45, 2.75) is 25.8 Å². The summed E-state index contributed by atoms with van der Waals surface area (Å²) in [6, 6.07) is 3.35. The summed E-state index contributed by atoms with van der Waals surface area (Å²) in [5.41, 5.74) is 0.733. The molecule has 0 aliphatic heterocycles. The first-order valence-electron chi connectivity index (χ1n) is 5.24. The summed E-state index contributed by atoms with van der Waals surface area (Å²) in [4.78, 5) is 14.4. The second-order valence-corrected chi connectivity index (χ2v) is 3.50. The number of nitrogens with one attached hydrogen (secondary N) is 1. The highest BCUT2D eigenvalue weighted by Gasteiger charge is 2.08. The van der Waals surface area contributed by atoms with Gasteiger partial charge in [0.15, 0.2) is 0 Å². The van der Waals surface area contributed by atoms with Crippen molar-refractivity contribution in [3.05, 3.63) is 24.0 Å². The Morgan fingerprint density at radius 2 is 2.38 bits per heavy atom. The predicted molar refractivity (Wildman–Crippen MR) is 60.6 cm³/mol. The van der Waals surface area contributed by atoms with Gasteiger partial charge in [-0.05, 0) is 25.0 Å². The van der Waals surface area contributed by atoms with Gasteiger partial charge in [-0.2, -0.15) is 0 Å². The summed E-state index contributed by atoms with van der Waals surface area (Å²) in [5, 5.41) is 20.8. The van der Waals surface area contributed by atoms with Crippen LogP contribution in [0.15, 0.2) is 18.3 Å². The van der Waals surface area contributed by atoms with E-state index in [1.165, 1.54) is 12.3 Å². The zero-order valence-corrected chi connectivity index (χ0v) is 9.18. The highest BCUT2D eigenvalue weighted by atomic mass is 16.4. The van der Waals surface area contributed by atoms with E-state index in [2.05, 4.69) is 10.3 Å². The second-order valence-electron chi connectivity index (χ2n) is 3.50. The normalized spacial score (nSPS) is 12.1. The van der Waals surface area contributed by atoms with Gasteiger partial charge in [0.05, 0.1) is 0 Å². The van der Waals surface area contributed by atoms with Crippen molar-refractivity contribution in [2.75, 3.05) is 11.9 Å². The second kappa shape index (κ2) is 6.07. The van der Waals surface area contributed by atoms with Crippen LogP contribution in [0.3, 0.4) is 0 Å². The van der Waals surface area contributed by atoms with Crippen molar-refractivity contribution in [1.29, 1.82) is 0 Å². The van der Waals surface area contributed by atoms with Crippen LogP contribution >= 0.6 is 0 Å². The Morgan fingerprint density at radius 1 is 1.62 bits per heavy atom. The predicted octanol–water partition coefficient (Wildman–Crippen LogP) is 1.35. The van der Waals surface area contributed by atoms with Gasteiger partial charge in [-0.3, -0.25) is 0 Å². The number of aliphatic hydroxyl groups excluding tert-OH is 1. The Bertz CT molecular complexity index is 355. The molecule has 1 rings (SSSR count). The third kappa shape index (κ3) is 3.51. The lowest BCUT2D eigenvalue weighted by molar-refractivity contribution is 0.0690. The third-order valence-corrected chi connectivity index (χ3v) is 2.32. The van der Waals surface area contributed by atoms with Crippen LogP contribution in [0.25, 0.3) is 0 Å². The monoisotopic (exact) mass is 224 g/mol. The summed E-state index contributed by atoms with van der Waals surface area (Å²) in [6.07, 6.45) is 2.96. The largest absolute Gasteiger partial charge is 0.477 e. The van der Waals surface area contributed by atoms with Crippen LogP contribution < -0.4 is 5.32 Å². The highest BCUT2D eigenvalue weighted by Crippen LogP contribution is 2.12. The van der Waals surface area contributed by atoms with Crippen LogP contribution in [-0.4, -0.2) is 33.8 Å². The number of hydrogen-bond acceptors (Lipinski definition) is 4.